The van der Waals surface area contributed by atoms with Gasteiger partial charge in [-0.05, 0) is 50.3 Å². The molecule has 2 heterocycles. The highest BCUT2D eigenvalue weighted by molar-refractivity contribution is 5.92. The number of hydrogen-bond donors (Lipinski definition) is 0. The predicted octanol–water partition coefficient (Wildman–Crippen LogP) is 2.53. The highest BCUT2D eigenvalue weighted by Crippen LogP contribution is 2.25. The van der Waals surface area contributed by atoms with Gasteiger partial charge in [-0.3, -0.25) is 14.4 Å². The number of benzene rings is 1. The number of aromatic nitrogens is 2. The second-order valence-electron chi connectivity index (χ2n) is 7.48. The van der Waals surface area contributed by atoms with Gasteiger partial charge in [-0.15, -0.1) is 0 Å². The van der Waals surface area contributed by atoms with Crippen LogP contribution in [0.25, 0.3) is 0 Å². The van der Waals surface area contributed by atoms with Crippen LogP contribution in [-0.2, 0) is 19.4 Å². The number of hydrogen-bond acceptors (Lipinski definition) is 3. The van der Waals surface area contributed by atoms with E-state index in [1.54, 1.807) is 0 Å². The summed E-state index contributed by atoms with van der Waals surface area (Å²) in [5, 5.41) is 4.45. The molecule has 1 aliphatic heterocycles. The Balaban J connectivity index is 1.36. The Bertz CT molecular complexity index is 789. The van der Waals surface area contributed by atoms with Crippen LogP contribution >= 0.6 is 0 Å². The SMILES string of the molecule is CCn1nc(C(=O)N2CCN([C@H]3CCc4ccccc4C3)CC2)cc1C. The Hall–Kier alpha value is -2.14. The van der Waals surface area contributed by atoms with E-state index in [2.05, 4.69) is 41.2 Å². The first-order valence-electron chi connectivity index (χ1n) is 9.80. The lowest BCUT2D eigenvalue weighted by atomic mass is 9.87. The van der Waals surface area contributed by atoms with Crippen molar-refractivity contribution in [2.24, 2.45) is 0 Å². The quantitative estimate of drug-likeness (QED) is 0.852. The first-order valence-corrected chi connectivity index (χ1v) is 9.80. The first kappa shape index (κ1) is 17.3. The van der Waals surface area contributed by atoms with Crippen LogP contribution < -0.4 is 0 Å². The number of nitrogens with zero attached hydrogens (tertiary/aromatic N) is 4. The summed E-state index contributed by atoms with van der Waals surface area (Å²) in [5.41, 5.74) is 4.65. The van der Waals surface area contributed by atoms with E-state index >= 15 is 0 Å². The van der Waals surface area contributed by atoms with E-state index in [0.29, 0.717) is 11.7 Å². The smallest absolute Gasteiger partial charge is 0.274 e. The number of fused-ring (bicyclic) bond motifs is 1. The summed E-state index contributed by atoms with van der Waals surface area (Å²) in [6.07, 6.45) is 3.54. The zero-order valence-electron chi connectivity index (χ0n) is 15.8. The van der Waals surface area contributed by atoms with Crippen molar-refractivity contribution in [3.8, 4) is 0 Å². The molecule has 1 aliphatic carbocycles. The lowest BCUT2D eigenvalue weighted by molar-refractivity contribution is 0.0547. The van der Waals surface area contributed by atoms with Crippen LogP contribution in [0.1, 0.15) is 40.7 Å². The van der Waals surface area contributed by atoms with Gasteiger partial charge in [-0.2, -0.15) is 5.10 Å². The Kier molecular flexibility index (Phi) is 4.81. The maximum atomic E-state index is 12.8. The molecule has 26 heavy (non-hydrogen) atoms. The van der Waals surface area contributed by atoms with Crippen molar-refractivity contribution < 1.29 is 4.79 Å². The van der Waals surface area contributed by atoms with Crippen LogP contribution in [0.5, 0.6) is 0 Å². The third-order valence-corrected chi connectivity index (χ3v) is 5.94. The molecule has 1 amide bonds. The predicted molar refractivity (Wildman–Crippen MR) is 102 cm³/mol. The molecule has 0 saturated carbocycles. The molecular weight excluding hydrogens is 324 g/mol. The number of aryl methyl sites for hydroxylation is 3. The Labute approximate surface area is 155 Å². The van der Waals surface area contributed by atoms with Crippen LogP contribution in [-0.4, -0.2) is 57.7 Å². The molecule has 1 saturated heterocycles. The van der Waals surface area contributed by atoms with Crippen LogP contribution in [0, 0.1) is 6.92 Å². The largest absolute Gasteiger partial charge is 0.335 e. The van der Waals surface area contributed by atoms with Crippen molar-refractivity contribution in [2.45, 2.75) is 45.7 Å². The van der Waals surface area contributed by atoms with E-state index in [1.165, 1.54) is 24.0 Å². The third kappa shape index (κ3) is 3.28. The van der Waals surface area contributed by atoms with E-state index in [4.69, 9.17) is 0 Å². The van der Waals surface area contributed by atoms with Gasteiger partial charge in [0, 0.05) is 44.5 Å². The highest BCUT2D eigenvalue weighted by atomic mass is 16.2. The maximum absolute atomic E-state index is 12.8. The van der Waals surface area contributed by atoms with Gasteiger partial charge in [-0.1, -0.05) is 24.3 Å². The molecule has 0 N–H and O–H groups in total. The molecule has 5 nitrogen and oxygen atoms in total. The molecule has 138 valence electrons. The monoisotopic (exact) mass is 352 g/mol. The summed E-state index contributed by atoms with van der Waals surface area (Å²) >= 11 is 0. The first-order chi connectivity index (χ1) is 12.7. The number of piperazine rings is 1. The van der Waals surface area contributed by atoms with Gasteiger partial charge in [-0.25, -0.2) is 0 Å². The molecular formula is C21H28N4O. The molecule has 1 aromatic carbocycles. The van der Waals surface area contributed by atoms with Gasteiger partial charge in [0.15, 0.2) is 5.69 Å². The molecule has 1 fully saturated rings. The number of carbonyl (C=O) groups is 1. The number of carbonyl (C=O) groups excluding carboxylic acids is 1. The average molecular weight is 352 g/mol. The molecule has 4 rings (SSSR count). The normalized spacial score (nSPS) is 20.8. The summed E-state index contributed by atoms with van der Waals surface area (Å²) in [4.78, 5) is 17.3. The van der Waals surface area contributed by atoms with Gasteiger partial charge in [0.05, 0.1) is 0 Å². The van der Waals surface area contributed by atoms with Gasteiger partial charge >= 0.3 is 0 Å². The van der Waals surface area contributed by atoms with Crippen LogP contribution in [0.15, 0.2) is 30.3 Å². The molecule has 5 heteroatoms. The van der Waals surface area contributed by atoms with E-state index in [0.717, 1.165) is 44.8 Å². The lowest BCUT2D eigenvalue weighted by Crippen LogP contribution is -2.53. The minimum Gasteiger partial charge on any atom is -0.335 e. The Morgan fingerprint density at radius 2 is 1.88 bits per heavy atom. The summed E-state index contributed by atoms with van der Waals surface area (Å²) in [5.74, 6) is 0.0777. The second-order valence-corrected chi connectivity index (χ2v) is 7.48. The topological polar surface area (TPSA) is 41.4 Å². The van der Waals surface area contributed by atoms with Crippen molar-refractivity contribution in [1.82, 2.24) is 19.6 Å². The summed E-state index contributed by atoms with van der Waals surface area (Å²) in [6.45, 7) is 8.39. The Morgan fingerprint density at radius 1 is 1.15 bits per heavy atom. The molecule has 0 radical (unpaired) electrons. The van der Waals surface area contributed by atoms with Crippen molar-refractivity contribution in [3.63, 3.8) is 0 Å². The number of rotatable bonds is 3. The maximum Gasteiger partial charge on any atom is 0.274 e. The second kappa shape index (κ2) is 7.23. The number of amides is 1. The van der Waals surface area contributed by atoms with Gasteiger partial charge in [0.2, 0.25) is 0 Å². The van der Waals surface area contributed by atoms with Gasteiger partial charge in [0.1, 0.15) is 0 Å². The third-order valence-electron chi connectivity index (χ3n) is 5.94. The molecule has 2 aromatic rings. The minimum atomic E-state index is 0.0777. The fourth-order valence-electron chi connectivity index (χ4n) is 4.38. The molecule has 1 atom stereocenters. The average Bonchev–Trinajstić information content (AvgIpc) is 3.08. The van der Waals surface area contributed by atoms with Crippen LogP contribution in [0.3, 0.4) is 0 Å². The van der Waals surface area contributed by atoms with Crippen molar-refractivity contribution in [1.29, 1.82) is 0 Å². The van der Waals surface area contributed by atoms with Crippen molar-refractivity contribution in [2.75, 3.05) is 26.2 Å². The lowest BCUT2D eigenvalue weighted by Gasteiger charge is -2.41. The molecule has 0 unspecified atom stereocenters. The summed E-state index contributed by atoms with van der Waals surface area (Å²) < 4.78 is 1.89. The highest BCUT2D eigenvalue weighted by Gasteiger charge is 2.29. The van der Waals surface area contributed by atoms with E-state index in [-0.39, 0.29) is 5.91 Å². The zero-order chi connectivity index (χ0) is 18.1. The van der Waals surface area contributed by atoms with Gasteiger partial charge in [0.25, 0.3) is 5.91 Å². The standard InChI is InChI=1S/C21H28N4O/c1-3-25-16(2)14-20(22-25)21(26)24-12-10-23(11-13-24)19-9-8-17-6-4-5-7-18(17)15-19/h4-7,14,19H,3,8-13,15H2,1-2H3/t19-/m0/s1. The summed E-state index contributed by atoms with van der Waals surface area (Å²) in [6, 6.07) is 11.4. The Morgan fingerprint density at radius 3 is 2.58 bits per heavy atom. The van der Waals surface area contributed by atoms with Gasteiger partial charge < -0.3 is 4.90 Å². The molecule has 2 aliphatic rings. The molecule has 0 bridgehead atoms. The molecule has 0 spiro atoms. The fourth-order valence-corrected chi connectivity index (χ4v) is 4.38. The zero-order valence-corrected chi connectivity index (χ0v) is 15.8. The van der Waals surface area contributed by atoms with E-state index in [1.807, 2.05) is 22.6 Å². The van der Waals surface area contributed by atoms with Crippen molar-refractivity contribution >= 4 is 5.91 Å². The minimum absolute atomic E-state index is 0.0777. The van der Waals surface area contributed by atoms with Crippen LogP contribution in [0.2, 0.25) is 0 Å². The van der Waals surface area contributed by atoms with E-state index < -0.39 is 0 Å². The summed E-state index contributed by atoms with van der Waals surface area (Å²) in [7, 11) is 0. The van der Waals surface area contributed by atoms with Crippen LogP contribution in [0.4, 0.5) is 0 Å². The fraction of sp³-hybridized carbons (Fsp3) is 0.524. The van der Waals surface area contributed by atoms with Crippen molar-refractivity contribution in [3.05, 3.63) is 52.8 Å². The van der Waals surface area contributed by atoms with E-state index in [9.17, 15) is 4.79 Å². The molecule has 1 aromatic heterocycles.